The van der Waals surface area contributed by atoms with E-state index in [0.717, 1.165) is 29.9 Å². The van der Waals surface area contributed by atoms with Gasteiger partial charge in [0.1, 0.15) is 12.1 Å². The third kappa shape index (κ3) is 4.22. The van der Waals surface area contributed by atoms with Crippen LogP contribution in [0.5, 0.6) is 0 Å². The highest BCUT2D eigenvalue weighted by Crippen LogP contribution is 2.37. The van der Waals surface area contributed by atoms with Crippen molar-refractivity contribution in [2.24, 2.45) is 5.92 Å². The first kappa shape index (κ1) is 21.9. The molecule has 7 nitrogen and oxygen atoms in total. The van der Waals surface area contributed by atoms with E-state index >= 15 is 0 Å². The first-order valence-electron chi connectivity index (χ1n) is 9.75. The fourth-order valence-corrected chi connectivity index (χ4v) is 3.95. The monoisotopic (exact) mass is 426 g/mol. The maximum absolute atomic E-state index is 13.1. The molecule has 2 N–H and O–H groups in total. The number of hydrogen-bond acceptors (Lipinski definition) is 4. The molecule has 1 saturated carbocycles. The van der Waals surface area contributed by atoms with E-state index in [-0.39, 0.29) is 5.69 Å². The number of rotatable bonds is 4. The second-order valence-corrected chi connectivity index (χ2v) is 8.26. The van der Waals surface area contributed by atoms with Gasteiger partial charge in [-0.25, -0.2) is 4.79 Å². The molecule has 0 radical (unpaired) electrons. The van der Waals surface area contributed by atoms with E-state index in [0.29, 0.717) is 24.4 Å². The van der Waals surface area contributed by atoms with Gasteiger partial charge in [0.25, 0.3) is 5.91 Å². The van der Waals surface area contributed by atoms with Crippen molar-refractivity contribution in [1.29, 1.82) is 0 Å². The van der Waals surface area contributed by atoms with Crippen molar-refractivity contribution in [1.82, 2.24) is 10.2 Å². The molecule has 164 valence electrons. The van der Waals surface area contributed by atoms with Crippen molar-refractivity contribution < 1.29 is 27.6 Å². The van der Waals surface area contributed by atoms with Gasteiger partial charge in [0.15, 0.2) is 0 Å². The lowest BCUT2D eigenvalue weighted by molar-refractivity contribution is -0.137. The van der Waals surface area contributed by atoms with E-state index < -0.39 is 41.7 Å². The predicted octanol–water partition coefficient (Wildman–Crippen LogP) is 3.21. The van der Waals surface area contributed by atoms with E-state index in [1.165, 1.54) is 6.07 Å². The van der Waals surface area contributed by atoms with E-state index in [9.17, 15) is 27.6 Å². The van der Waals surface area contributed by atoms with Gasteiger partial charge in [-0.15, -0.1) is 0 Å². The number of anilines is 2. The number of hydrogen-bond donors (Lipinski definition) is 2. The number of carbonyl (C=O) groups is 3. The molecule has 0 unspecified atom stereocenters. The Labute approximate surface area is 172 Å². The third-order valence-corrected chi connectivity index (χ3v) is 5.76. The molecule has 10 heteroatoms. The topological polar surface area (TPSA) is 81.8 Å². The Morgan fingerprint density at radius 2 is 1.90 bits per heavy atom. The molecule has 1 aliphatic heterocycles. The number of nitrogens with zero attached hydrogens (tertiary/aromatic N) is 2. The lowest BCUT2D eigenvalue weighted by Crippen LogP contribution is -2.49. The maximum atomic E-state index is 13.1. The molecular formula is C20H25F3N4O3. The zero-order valence-electron chi connectivity index (χ0n) is 17.1. The van der Waals surface area contributed by atoms with Crippen LogP contribution in [0.15, 0.2) is 18.2 Å². The van der Waals surface area contributed by atoms with Gasteiger partial charge in [-0.2, -0.15) is 13.2 Å². The number of halogens is 3. The van der Waals surface area contributed by atoms with Crippen molar-refractivity contribution in [3.63, 3.8) is 0 Å². The summed E-state index contributed by atoms with van der Waals surface area (Å²) in [6, 6.07) is 2.37. The van der Waals surface area contributed by atoms with E-state index in [4.69, 9.17) is 0 Å². The molecule has 0 aromatic heterocycles. The van der Waals surface area contributed by atoms with Crippen LogP contribution in [0.2, 0.25) is 0 Å². The average Bonchev–Trinajstić information content (AvgIpc) is 2.87. The van der Waals surface area contributed by atoms with Gasteiger partial charge in [0.2, 0.25) is 5.91 Å². The molecule has 3 rings (SSSR count). The van der Waals surface area contributed by atoms with Crippen molar-refractivity contribution >= 4 is 29.2 Å². The van der Waals surface area contributed by atoms with Crippen LogP contribution in [-0.2, 0) is 15.8 Å². The third-order valence-electron chi connectivity index (χ3n) is 5.76. The van der Waals surface area contributed by atoms with Gasteiger partial charge >= 0.3 is 12.2 Å². The number of urea groups is 1. The molecule has 4 amide bonds. The Morgan fingerprint density at radius 1 is 1.27 bits per heavy atom. The quantitative estimate of drug-likeness (QED) is 0.725. The van der Waals surface area contributed by atoms with E-state index in [1.54, 1.807) is 19.0 Å². The SMILES string of the molecule is CC1CCC2(CC1)NC(=O)N(CC(=O)Nc1cc(C(F)(F)F)ccc1N(C)C)C2=O. The molecule has 30 heavy (non-hydrogen) atoms. The van der Waals surface area contributed by atoms with Crippen LogP contribution in [0.4, 0.5) is 29.3 Å². The summed E-state index contributed by atoms with van der Waals surface area (Å²) in [6.45, 7) is 1.52. The number of carbonyl (C=O) groups excluding carboxylic acids is 3. The first-order chi connectivity index (χ1) is 13.9. The predicted molar refractivity (Wildman–Crippen MR) is 105 cm³/mol. The Balaban J connectivity index is 1.76. The fourth-order valence-electron chi connectivity index (χ4n) is 3.95. The molecular weight excluding hydrogens is 401 g/mol. The number of nitrogens with one attached hydrogen (secondary N) is 2. The lowest BCUT2D eigenvalue weighted by atomic mass is 9.77. The molecule has 1 aromatic carbocycles. The summed E-state index contributed by atoms with van der Waals surface area (Å²) in [4.78, 5) is 40.1. The summed E-state index contributed by atoms with van der Waals surface area (Å²) in [5, 5.41) is 5.13. The van der Waals surface area contributed by atoms with Gasteiger partial charge in [0, 0.05) is 14.1 Å². The summed E-state index contributed by atoms with van der Waals surface area (Å²) < 4.78 is 39.2. The normalized spacial score (nSPS) is 24.2. The number of amides is 4. The minimum atomic E-state index is -4.57. The van der Waals surface area contributed by atoms with Crippen molar-refractivity contribution in [3.8, 4) is 0 Å². The van der Waals surface area contributed by atoms with Gasteiger partial charge in [-0.3, -0.25) is 14.5 Å². The summed E-state index contributed by atoms with van der Waals surface area (Å²) in [5.41, 5.74) is -1.57. The van der Waals surface area contributed by atoms with Gasteiger partial charge in [0.05, 0.1) is 16.9 Å². The second kappa shape index (κ2) is 7.81. The van der Waals surface area contributed by atoms with Crippen LogP contribution in [0.3, 0.4) is 0 Å². The number of benzene rings is 1. The fraction of sp³-hybridized carbons (Fsp3) is 0.550. The minimum Gasteiger partial charge on any atom is -0.376 e. The first-order valence-corrected chi connectivity index (χ1v) is 9.75. The maximum Gasteiger partial charge on any atom is 0.416 e. The van der Waals surface area contributed by atoms with Crippen LogP contribution >= 0.6 is 0 Å². The van der Waals surface area contributed by atoms with Crippen molar-refractivity contribution in [2.75, 3.05) is 30.9 Å². The van der Waals surface area contributed by atoms with Gasteiger partial charge in [-0.05, 0) is 49.8 Å². The summed E-state index contributed by atoms with van der Waals surface area (Å²) in [6.07, 6.45) is -1.96. The Morgan fingerprint density at radius 3 is 2.47 bits per heavy atom. The van der Waals surface area contributed by atoms with Crippen molar-refractivity contribution in [2.45, 2.75) is 44.3 Å². The number of imide groups is 1. The highest BCUT2D eigenvalue weighted by atomic mass is 19.4. The number of alkyl halides is 3. The molecule has 2 fully saturated rings. The molecule has 1 heterocycles. The largest absolute Gasteiger partial charge is 0.416 e. The van der Waals surface area contributed by atoms with Gasteiger partial charge < -0.3 is 15.5 Å². The Bertz CT molecular complexity index is 861. The van der Waals surface area contributed by atoms with Crippen LogP contribution in [0, 0.1) is 5.92 Å². The smallest absolute Gasteiger partial charge is 0.376 e. The zero-order valence-corrected chi connectivity index (χ0v) is 17.1. The molecule has 1 spiro atoms. The highest BCUT2D eigenvalue weighted by Gasteiger charge is 2.52. The molecule has 1 saturated heterocycles. The van der Waals surface area contributed by atoms with Crippen LogP contribution in [-0.4, -0.2) is 48.9 Å². The molecule has 0 bridgehead atoms. The highest BCUT2D eigenvalue weighted by molar-refractivity contribution is 6.10. The van der Waals surface area contributed by atoms with Crippen LogP contribution in [0.1, 0.15) is 38.2 Å². The second-order valence-electron chi connectivity index (χ2n) is 8.26. The summed E-state index contributed by atoms with van der Waals surface area (Å²) in [7, 11) is 3.26. The zero-order chi connectivity index (χ0) is 22.3. The Hall–Kier alpha value is -2.78. The van der Waals surface area contributed by atoms with Crippen LogP contribution < -0.4 is 15.5 Å². The standard InChI is InChI=1S/C20H25F3N4O3/c1-12-6-8-19(9-7-12)17(29)27(18(30)25-19)11-16(28)24-14-10-13(20(21,22)23)4-5-15(14)26(2)3/h4-5,10,12H,6-9,11H2,1-3H3,(H,24,28)(H,25,30). The van der Waals surface area contributed by atoms with E-state index in [2.05, 4.69) is 17.6 Å². The molecule has 1 aliphatic carbocycles. The summed E-state index contributed by atoms with van der Waals surface area (Å²) in [5.74, 6) is -0.739. The molecule has 1 aromatic rings. The average molecular weight is 426 g/mol. The minimum absolute atomic E-state index is 0.0481. The van der Waals surface area contributed by atoms with Gasteiger partial charge in [-0.1, -0.05) is 6.92 Å². The molecule has 0 atom stereocenters. The molecule has 2 aliphatic rings. The summed E-state index contributed by atoms with van der Waals surface area (Å²) >= 11 is 0. The van der Waals surface area contributed by atoms with Crippen LogP contribution in [0.25, 0.3) is 0 Å². The van der Waals surface area contributed by atoms with Crippen molar-refractivity contribution in [3.05, 3.63) is 23.8 Å². The van der Waals surface area contributed by atoms with E-state index in [1.807, 2.05) is 0 Å². The lowest BCUT2D eigenvalue weighted by Gasteiger charge is -2.33. The Kier molecular flexibility index (Phi) is 5.70.